The van der Waals surface area contributed by atoms with Crippen LogP contribution in [0.2, 0.25) is 0 Å². The number of nitrogens with one attached hydrogen (secondary N) is 1. The molecule has 0 radical (unpaired) electrons. The van der Waals surface area contributed by atoms with E-state index in [0.29, 0.717) is 22.2 Å². The SMILES string of the molecule is Cc1ccc(-n2c(SCC(=O)c3ccc[nH]3)nnc2-c2ccccc2F)cc1. The Kier molecular flexibility index (Phi) is 5.08. The van der Waals surface area contributed by atoms with Crippen molar-refractivity contribution < 1.29 is 9.18 Å². The standard InChI is InChI=1S/C21H17FN4OS/c1-14-8-10-15(11-9-14)26-20(16-5-2-3-6-17(16)22)24-25-21(26)28-13-19(27)18-7-4-12-23-18/h2-12,23H,13H2,1H3. The summed E-state index contributed by atoms with van der Waals surface area (Å²) in [6, 6.07) is 17.8. The Morgan fingerprint density at radius 1 is 1.07 bits per heavy atom. The molecule has 1 N–H and O–H groups in total. The highest BCUT2D eigenvalue weighted by molar-refractivity contribution is 7.99. The maximum absolute atomic E-state index is 14.4. The average molecular weight is 392 g/mol. The lowest BCUT2D eigenvalue weighted by Crippen LogP contribution is -2.05. The van der Waals surface area contributed by atoms with Crippen LogP contribution < -0.4 is 0 Å². The van der Waals surface area contributed by atoms with Gasteiger partial charge in [0.05, 0.1) is 17.0 Å². The third kappa shape index (κ3) is 3.61. The number of halogens is 1. The fraction of sp³-hybridized carbons (Fsp3) is 0.0952. The minimum absolute atomic E-state index is 0.0408. The number of benzene rings is 2. The minimum atomic E-state index is -0.373. The lowest BCUT2D eigenvalue weighted by Gasteiger charge is -2.11. The molecule has 0 spiro atoms. The van der Waals surface area contributed by atoms with E-state index >= 15 is 0 Å². The van der Waals surface area contributed by atoms with Crippen LogP contribution in [0.1, 0.15) is 16.1 Å². The zero-order chi connectivity index (χ0) is 19.5. The lowest BCUT2D eigenvalue weighted by atomic mass is 10.2. The Morgan fingerprint density at radius 3 is 2.57 bits per heavy atom. The molecule has 0 fully saturated rings. The van der Waals surface area contributed by atoms with Crippen LogP contribution in [-0.2, 0) is 0 Å². The maximum Gasteiger partial charge on any atom is 0.196 e. The van der Waals surface area contributed by atoms with Gasteiger partial charge in [-0.1, -0.05) is 41.6 Å². The Hall–Kier alpha value is -3.19. The second-order valence-electron chi connectivity index (χ2n) is 6.25. The normalized spacial score (nSPS) is 10.9. The molecule has 2 heterocycles. The Morgan fingerprint density at radius 2 is 1.86 bits per heavy atom. The predicted molar refractivity (Wildman–Crippen MR) is 107 cm³/mol. The first-order valence-electron chi connectivity index (χ1n) is 8.70. The molecule has 0 aliphatic rings. The molecule has 0 saturated carbocycles. The monoisotopic (exact) mass is 392 g/mol. The van der Waals surface area contributed by atoms with Gasteiger partial charge < -0.3 is 4.98 Å². The Balaban J connectivity index is 1.73. The second kappa shape index (κ2) is 7.82. The number of H-pyrrole nitrogens is 1. The van der Waals surface area contributed by atoms with E-state index in [1.807, 2.05) is 31.2 Å². The van der Waals surface area contributed by atoms with Gasteiger partial charge in [-0.15, -0.1) is 10.2 Å². The fourth-order valence-electron chi connectivity index (χ4n) is 2.82. The molecule has 2 aromatic heterocycles. The van der Waals surface area contributed by atoms with Crippen LogP contribution >= 0.6 is 11.8 Å². The first-order chi connectivity index (χ1) is 13.6. The summed E-state index contributed by atoms with van der Waals surface area (Å²) >= 11 is 1.27. The van der Waals surface area contributed by atoms with Crippen LogP contribution in [-0.4, -0.2) is 31.3 Å². The number of ketones is 1. The number of hydrogen-bond acceptors (Lipinski definition) is 4. The van der Waals surface area contributed by atoms with Crippen LogP contribution in [0.5, 0.6) is 0 Å². The number of aromatic amines is 1. The number of aryl methyl sites for hydroxylation is 1. The molecular weight excluding hydrogens is 375 g/mol. The molecule has 0 unspecified atom stereocenters. The van der Waals surface area contributed by atoms with Gasteiger partial charge in [-0.3, -0.25) is 9.36 Å². The van der Waals surface area contributed by atoms with Crippen LogP contribution in [0.15, 0.2) is 72.0 Å². The van der Waals surface area contributed by atoms with Gasteiger partial charge in [0.15, 0.2) is 16.8 Å². The molecule has 140 valence electrons. The predicted octanol–water partition coefficient (Wildman–Crippen LogP) is 4.68. The first kappa shape index (κ1) is 18.2. The van der Waals surface area contributed by atoms with Crippen LogP contribution in [0, 0.1) is 12.7 Å². The summed E-state index contributed by atoms with van der Waals surface area (Å²) in [6.45, 7) is 2.00. The molecule has 2 aromatic carbocycles. The van der Waals surface area contributed by atoms with Crippen molar-refractivity contribution in [3.05, 3.63) is 83.9 Å². The van der Waals surface area contributed by atoms with Crippen molar-refractivity contribution in [3.8, 4) is 17.1 Å². The number of nitrogens with zero attached hydrogens (tertiary/aromatic N) is 3. The second-order valence-corrected chi connectivity index (χ2v) is 7.20. The Bertz CT molecular complexity index is 1100. The average Bonchev–Trinajstić information content (AvgIpc) is 3.37. The zero-order valence-electron chi connectivity index (χ0n) is 15.1. The molecule has 0 aliphatic heterocycles. The van der Waals surface area contributed by atoms with Gasteiger partial charge in [-0.25, -0.2) is 4.39 Å². The highest BCUT2D eigenvalue weighted by atomic mass is 32.2. The third-order valence-electron chi connectivity index (χ3n) is 4.27. The molecule has 4 aromatic rings. The van der Waals surface area contributed by atoms with Gasteiger partial charge in [0.25, 0.3) is 0 Å². The smallest absolute Gasteiger partial charge is 0.196 e. The lowest BCUT2D eigenvalue weighted by molar-refractivity contribution is 0.101. The van der Waals surface area contributed by atoms with E-state index in [1.54, 1.807) is 41.1 Å². The van der Waals surface area contributed by atoms with E-state index in [2.05, 4.69) is 15.2 Å². The van der Waals surface area contributed by atoms with Crippen molar-refractivity contribution in [3.63, 3.8) is 0 Å². The maximum atomic E-state index is 14.4. The van der Waals surface area contributed by atoms with E-state index in [4.69, 9.17) is 0 Å². The molecule has 0 atom stereocenters. The van der Waals surface area contributed by atoms with E-state index in [-0.39, 0.29) is 17.4 Å². The van der Waals surface area contributed by atoms with Crippen molar-refractivity contribution in [2.75, 3.05) is 5.75 Å². The number of hydrogen-bond donors (Lipinski definition) is 1. The van der Waals surface area contributed by atoms with Crippen molar-refractivity contribution >= 4 is 17.5 Å². The summed E-state index contributed by atoms with van der Waals surface area (Å²) in [5, 5.41) is 8.98. The number of rotatable bonds is 6. The summed E-state index contributed by atoms with van der Waals surface area (Å²) in [5.41, 5.74) is 2.82. The first-order valence-corrected chi connectivity index (χ1v) is 9.69. The van der Waals surface area contributed by atoms with Crippen molar-refractivity contribution in [2.45, 2.75) is 12.1 Å². The van der Waals surface area contributed by atoms with Gasteiger partial charge in [0.1, 0.15) is 5.82 Å². The molecule has 0 saturated heterocycles. The van der Waals surface area contributed by atoms with Crippen molar-refractivity contribution in [1.29, 1.82) is 0 Å². The number of aromatic nitrogens is 4. The topological polar surface area (TPSA) is 63.6 Å². The molecular formula is C21H17FN4OS. The number of thioether (sulfide) groups is 1. The molecule has 7 heteroatoms. The molecule has 5 nitrogen and oxygen atoms in total. The molecule has 0 bridgehead atoms. The van der Waals surface area contributed by atoms with E-state index in [9.17, 15) is 9.18 Å². The van der Waals surface area contributed by atoms with Gasteiger partial charge in [-0.2, -0.15) is 0 Å². The van der Waals surface area contributed by atoms with E-state index in [1.165, 1.54) is 17.8 Å². The third-order valence-corrected chi connectivity index (χ3v) is 5.20. The summed E-state index contributed by atoms with van der Waals surface area (Å²) < 4.78 is 16.2. The highest BCUT2D eigenvalue weighted by Crippen LogP contribution is 2.29. The van der Waals surface area contributed by atoms with E-state index < -0.39 is 0 Å². The number of carbonyl (C=O) groups is 1. The summed E-state index contributed by atoms with van der Waals surface area (Å²) in [4.78, 5) is 15.2. The minimum Gasteiger partial charge on any atom is -0.359 e. The summed E-state index contributed by atoms with van der Waals surface area (Å²) in [7, 11) is 0. The highest BCUT2D eigenvalue weighted by Gasteiger charge is 2.19. The summed E-state index contributed by atoms with van der Waals surface area (Å²) in [5.74, 6) is 0.182. The van der Waals surface area contributed by atoms with Crippen molar-refractivity contribution in [2.24, 2.45) is 0 Å². The van der Waals surface area contributed by atoms with E-state index in [0.717, 1.165) is 11.3 Å². The van der Waals surface area contributed by atoms with Gasteiger partial charge in [-0.05, 0) is 43.3 Å². The molecule has 28 heavy (non-hydrogen) atoms. The molecule has 4 rings (SSSR count). The van der Waals surface area contributed by atoms with Gasteiger partial charge in [0, 0.05) is 11.9 Å². The van der Waals surface area contributed by atoms with Crippen LogP contribution in [0.25, 0.3) is 17.1 Å². The van der Waals surface area contributed by atoms with Crippen LogP contribution in [0.3, 0.4) is 0 Å². The van der Waals surface area contributed by atoms with Crippen LogP contribution in [0.4, 0.5) is 4.39 Å². The number of carbonyl (C=O) groups excluding carboxylic acids is 1. The quantitative estimate of drug-likeness (QED) is 0.382. The van der Waals surface area contributed by atoms with Crippen molar-refractivity contribution in [1.82, 2.24) is 19.7 Å². The summed E-state index contributed by atoms with van der Waals surface area (Å²) in [6.07, 6.45) is 1.71. The molecule has 0 aliphatic carbocycles. The zero-order valence-corrected chi connectivity index (χ0v) is 15.9. The largest absolute Gasteiger partial charge is 0.359 e. The number of Topliss-reactive ketones (excluding diaryl/α,β-unsaturated/α-hetero) is 1. The van der Waals surface area contributed by atoms with Gasteiger partial charge >= 0.3 is 0 Å². The Labute approximate surface area is 165 Å². The molecule has 0 amide bonds. The fourth-order valence-corrected chi connectivity index (χ4v) is 3.65. The van der Waals surface area contributed by atoms with Gasteiger partial charge in [0.2, 0.25) is 0 Å².